The molecular weight excluding hydrogens is 334 g/mol. The van der Waals surface area contributed by atoms with Gasteiger partial charge in [0, 0.05) is 11.5 Å². The van der Waals surface area contributed by atoms with Crippen molar-refractivity contribution in [1.82, 2.24) is 20.1 Å². The second kappa shape index (κ2) is 5.77. The number of aromatic nitrogens is 4. The van der Waals surface area contributed by atoms with Crippen LogP contribution in [0.4, 0.5) is 0 Å². The van der Waals surface area contributed by atoms with Crippen LogP contribution in [-0.4, -0.2) is 38.4 Å². The molecule has 8 nitrogen and oxygen atoms in total. The van der Waals surface area contributed by atoms with Crippen LogP contribution in [0.5, 0.6) is 0 Å². The smallest absolute Gasteiger partial charge is 0.272 e. The highest BCUT2D eigenvalue weighted by molar-refractivity contribution is 5.94. The van der Waals surface area contributed by atoms with E-state index in [1.165, 1.54) is 18.6 Å². The number of aliphatic hydroxyl groups is 1. The Labute approximate surface area is 151 Å². The molecule has 0 unspecified atom stereocenters. The lowest BCUT2D eigenvalue weighted by molar-refractivity contribution is -0.605. The fourth-order valence-corrected chi connectivity index (χ4v) is 3.71. The van der Waals surface area contributed by atoms with Crippen molar-refractivity contribution in [1.29, 1.82) is 0 Å². The van der Waals surface area contributed by atoms with Crippen LogP contribution in [-0.2, 0) is 6.42 Å². The molecule has 2 N–H and O–H groups in total. The summed E-state index contributed by atoms with van der Waals surface area (Å²) in [6, 6.07) is -0.370. The molecule has 0 aromatic carbocycles. The highest BCUT2D eigenvalue weighted by Crippen LogP contribution is 2.57. The summed E-state index contributed by atoms with van der Waals surface area (Å²) in [6.07, 6.45) is 6.01. The molecule has 1 saturated carbocycles. The maximum Gasteiger partial charge on any atom is 0.272 e. The average Bonchev–Trinajstić information content (AvgIpc) is 3.07. The third kappa shape index (κ3) is 2.74. The highest BCUT2D eigenvalue weighted by atomic mass is 16.5. The lowest BCUT2D eigenvalue weighted by atomic mass is 9.87. The van der Waals surface area contributed by atoms with Crippen molar-refractivity contribution in [2.24, 2.45) is 11.3 Å². The minimum Gasteiger partial charge on any atom is -0.619 e. The first-order chi connectivity index (χ1) is 12.3. The van der Waals surface area contributed by atoms with Crippen LogP contribution in [0.15, 0.2) is 18.6 Å². The molecule has 2 aliphatic carbocycles. The molecule has 0 radical (unpaired) electrons. The Hall–Kier alpha value is -2.48. The van der Waals surface area contributed by atoms with Crippen molar-refractivity contribution in [2.75, 3.05) is 6.61 Å². The molecule has 4 rings (SSSR count). The van der Waals surface area contributed by atoms with Crippen molar-refractivity contribution in [3.05, 3.63) is 40.7 Å². The maximum atomic E-state index is 12.9. The van der Waals surface area contributed by atoms with Gasteiger partial charge in [0.15, 0.2) is 11.9 Å². The van der Waals surface area contributed by atoms with Gasteiger partial charge in [-0.1, -0.05) is 20.8 Å². The van der Waals surface area contributed by atoms with Gasteiger partial charge in [-0.05, 0) is 24.2 Å². The number of carbonyl (C=O) groups excluding carboxylic acids is 1. The van der Waals surface area contributed by atoms with Crippen LogP contribution in [0.3, 0.4) is 0 Å². The van der Waals surface area contributed by atoms with Gasteiger partial charge in [0.05, 0.1) is 24.5 Å². The maximum absolute atomic E-state index is 12.9. The Morgan fingerprint density at radius 1 is 1.54 bits per heavy atom. The van der Waals surface area contributed by atoms with Gasteiger partial charge < -0.3 is 15.6 Å². The molecule has 1 amide bonds. The van der Waals surface area contributed by atoms with Crippen molar-refractivity contribution < 1.29 is 14.6 Å². The predicted octanol–water partition coefficient (Wildman–Crippen LogP) is 0.697. The molecule has 3 atom stereocenters. The number of fused-ring (bicyclic) bond motifs is 3. The quantitative estimate of drug-likeness (QED) is 0.619. The molecule has 138 valence electrons. The number of nitrogens with one attached hydrogen (secondary N) is 1. The number of carbonyl (C=O) groups is 1. The zero-order valence-electron chi connectivity index (χ0n) is 15.1. The SMILES string of the molecule is CC(C)(C)[C@H](CO)NC(=O)c1nn(-c2c[n+]([O-])ccn2)c2c1C[C@H]1C[C@@H]21. The van der Waals surface area contributed by atoms with Crippen molar-refractivity contribution in [2.45, 2.75) is 45.6 Å². The van der Waals surface area contributed by atoms with E-state index >= 15 is 0 Å². The molecule has 0 bridgehead atoms. The van der Waals surface area contributed by atoms with Gasteiger partial charge in [0.25, 0.3) is 5.91 Å². The first kappa shape index (κ1) is 17.0. The number of rotatable bonds is 4. The molecule has 2 aliphatic rings. The zero-order chi connectivity index (χ0) is 18.6. The molecule has 26 heavy (non-hydrogen) atoms. The first-order valence-corrected chi connectivity index (χ1v) is 8.88. The lowest BCUT2D eigenvalue weighted by Crippen LogP contribution is -2.46. The molecule has 1 fully saturated rings. The van der Waals surface area contributed by atoms with Gasteiger partial charge in [-0.3, -0.25) is 4.79 Å². The van der Waals surface area contributed by atoms with E-state index in [2.05, 4.69) is 15.4 Å². The zero-order valence-corrected chi connectivity index (χ0v) is 15.1. The van der Waals surface area contributed by atoms with Crippen LogP contribution < -0.4 is 10.0 Å². The van der Waals surface area contributed by atoms with Crippen molar-refractivity contribution in [3.8, 4) is 5.82 Å². The normalized spacial score (nSPS) is 21.8. The summed E-state index contributed by atoms with van der Waals surface area (Å²) in [4.78, 5) is 17.1. The minimum atomic E-state index is -0.370. The predicted molar refractivity (Wildman–Crippen MR) is 92.7 cm³/mol. The van der Waals surface area contributed by atoms with Crippen LogP contribution in [0.2, 0.25) is 0 Å². The Bertz CT molecular complexity index is 870. The van der Waals surface area contributed by atoms with E-state index in [0.717, 1.165) is 24.1 Å². The molecule has 2 aromatic rings. The fraction of sp³-hybridized carbons (Fsp3) is 0.556. The van der Waals surface area contributed by atoms with Gasteiger partial charge in [0.2, 0.25) is 12.0 Å². The first-order valence-electron chi connectivity index (χ1n) is 8.88. The van der Waals surface area contributed by atoms with Gasteiger partial charge in [0.1, 0.15) is 0 Å². The van der Waals surface area contributed by atoms with E-state index in [0.29, 0.717) is 28.1 Å². The van der Waals surface area contributed by atoms with Crippen LogP contribution in [0, 0.1) is 16.5 Å². The van der Waals surface area contributed by atoms with Crippen molar-refractivity contribution >= 4 is 5.91 Å². The van der Waals surface area contributed by atoms with E-state index in [1.807, 2.05) is 20.8 Å². The molecule has 0 aliphatic heterocycles. The molecule has 0 saturated heterocycles. The topological polar surface area (TPSA) is 107 Å². The minimum absolute atomic E-state index is 0.139. The average molecular weight is 357 g/mol. The lowest BCUT2D eigenvalue weighted by Gasteiger charge is -2.29. The summed E-state index contributed by atoms with van der Waals surface area (Å²) in [6.45, 7) is 5.76. The molecule has 2 heterocycles. The van der Waals surface area contributed by atoms with Gasteiger partial charge in [-0.2, -0.15) is 9.83 Å². The Morgan fingerprint density at radius 3 is 2.96 bits per heavy atom. The van der Waals surface area contributed by atoms with E-state index in [-0.39, 0.29) is 24.0 Å². The Balaban J connectivity index is 1.71. The van der Waals surface area contributed by atoms with Gasteiger partial charge in [-0.15, -0.1) is 0 Å². The standard InChI is InChI=1S/C18H23N5O3/c1-18(2,3)13(9-24)20-17(25)15-12-7-10-6-11(10)16(12)23(21-15)14-8-22(26)5-4-19-14/h4-5,8,10-11,13,24H,6-7,9H2,1-3H3,(H,20,25)/t10-,11-,13+/m1/s1. The molecular formula is C18H23N5O3. The Morgan fingerprint density at radius 2 is 2.31 bits per heavy atom. The van der Waals surface area contributed by atoms with E-state index in [4.69, 9.17) is 0 Å². The number of hydrogen-bond donors (Lipinski definition) is 2. The summed E-state index contributed by atoms with van der Waals surface area (Å²) in [5, 5.41) is 28.6. The summed E-state index contributed by atoms with van der Waals surface area (Å²) < 4.78 is 2.32. The van der Waals surface area contributed by atoms with E-state index < -0.39 is 0 Å². The third-order valence-corrected chi connectivity index (χ3v) is 5.39. The Kier molecular flexibility index (Phi) is 3.76. The van der Waals surface area contributed by atoms with Gasteiger partial charge in [-0.25, -0.2) is 9.67 Å². The summed E-state index contributed by atoms with van der Waals surface area (Å²) in [7, 11) is 0. The molecule has 0 spiro atoms. The van der Waals surface area contributed by atoms with E-state index in [1.54, 1.807) is 4.68 Å². The second-order valence-corrected chi connectivity index (χ2v) is 8.28. The third-order valence-electron chi connectivity index (χ3n) is 5.39. The van der Waals surface area contributed by atoms with E-state index in [9.17, 15) is 15.1 Å². The van der Waals surface area contributed by atoms with Crippen LogP contribution in [0.1, 0.15) is 54.9 Å². The van der Waals surface area contributed by atoms with Crippen LogP contribution >= 0.6 is 0 Å². The summed E-state index contributed by atoms with van der Waals surface area (Å²) in [5.74, 6) is 1.07. The highest BCUT2D eigenvalue weighted by Gasteiger charge is 2.50. The largest absolute Gasteiger partial charge is 0.619 e. The monoisotopic (exact) mass is 357 g/mol. The summed E-state index contributed by atoms with van der Waals surface area (Å²) in [5.41, 5.74) is 2.04. The van der Waals surface area contributed by atoms with Crippen molar-refractivity contribution in [3.63, 3.8) is 0 Å². The number of aliphatic hydroxyl groups excluding tert-OH is 1. The second-order valence-electron chi connectivity index (χ2n) is 8.28. The van der Waals surface area contributed by atoms with Gasteiger partial charge >= 0.3 is 0 Å². The number of hydrogen-bond acceptors (Lipinski definition) is 5. The summed E-state index contributed by atoms with van der Waals surface area (Å²) >= 11 is 0. The molecule has 8 heteroatoms. The molecule has 2 aromatic heterocycles. The fourth-order valence-electron chi connectivity index (χ4n) is 3.71. The number of amides is 1. The van der Waals surface area contributed by atoms with Crippen LogP contribution in [0.25, 0.3) is 5.82 Å². The number of nitrogens with zero attached hydrogens (tertiary/aromatic N) is 4.